The van der Waals surface area contributed by atoms with E-state index in [9.17, 15) is 14.4 Å². The Labute approximate surface area is 149 Å². The van der Waals surface area contributed by atoms with Gasteiger partial charge in [-0.2, -0.15) is 0 Å². The number of para-hydroxylation sites is 3. The molecule has 1 aliphatic heterocycles. The molecule has 1 atom stereocenters. The van der Waals surface area contributed by atoms with Crippen molar-refractivity contribution in [2.24, 2.45) is 5.92 Å². The molecular weight excluding hydrogens is 332 g/mol. The van der Waals surface area contributed by atoms with Crippen molar-refractivity contribution in [2.45, 2.75) is 6.92 Å². The summed E-state index contributed by atoms with van der Waals surface area (Å²) in [4.78, 5) is 39.2. The van der Waals surface area contributed by atoms with Gasteiger partial charge in [0.1, 0.15) is 11.1 Å². The van der Waals surface area contributed by atoms with Gasteiger partial charge in [-0.05, 0) is 24.3 Å². The quantitative estimate of drug-likeness (QED) is 0.686. The van der Waals surface area contributed by atoms with Gasteiger partial charge in [0, 0.05) is 11.9 Å². The summed E-state index contributed by atoms with van der Waals surface area (Å²) < 4.78 is 5.29. The van der Waals surface area contributed by atoms with Gasteiger partial charge in [-0.1, -0.05) is 37.3 Å². The standard InChI is InChI=1S/C20H16N2O4/c1-12-11-22(16-8-4-3-7-15(16)21-18(12)23)19(24)14-10-13-6-2-5-9-17(13)26-20(14)25/h2-10,12H,11H2,1H3,(H,21,23). The number of benzene rings is 2. The molecule has 1 aliphatic rings. The number of fused-ring (bicyclic) bond motifs is 2. The molecule has 26 heavy (non-hydrogen) atoms. The Morgan fingerprint density at radius 2 is 1.85 bits per heavy atom. The minimum absolute atomic E-state index is 0.0555. The zero-order valence-corrected chi connectivity index (χ0v) is 14.1. The predicted molar refractivity (Wildman–Crippen MR) is 98.4 cm³/mol. The molecule has 1 N–H and O–H groups in total. The Morgan fingerprint density at radius 3 is 2.69 bits per heavy atom. The van der Waals surface area contributed by atoms with Gasteiger partial charge < -0.3 is 14.6 Å². The molecule has 130 valence electrons. The first-order chi connectivity index (χ1) is 12.5. The highest BCUT2D eigenvalue weighted by Crippen LogP contribution is 2.31. The third kappa shape index (κ3) is 2.65. The minimum atomic E-state index is -0.692. The van der Waals surface area contributed by atoms with Crippen LogP contribution in [0.2, 0.25) is 0 Å². The Morgan fingerprint density at radius 1 is 1.12 bits per heavy atom. The van der Waals surface area contributed by atoms with E-state index < -0.39 is 17.5 Å². The van der Waals surface area contributed by atoms with Gasteiger partial charge >= 0.3 is 5.63 Å². The van der Waals surface area contributed by atoms with Crippen molar-refractivity contribution in [2.75, 3.05) is 16.8 Å². The van der Waals surface area contributed by atoms with Gasteiger partial charge in [-0.25, -0.2) is 4.79 Å². The van der Waals surface area contributed by atoms with E-state index in [1.807, 2.05) is 6.07 Å². The van der Waals surface area contributed by atoms with E-state index in [0.717, 1.165) is 0 Å². The lowest BCUT2D eigenvalue weighted by molar-refractivity contribution is -0.119. The molecule has 2 amide bonds. The second-order valence-corrected chi connectivity index (χ2v) is 6.31. The summed E-state index contributed by atoms with van der Waals surface area (Å²) in [7, 11) is 0. The molecule has 0 saturated carbocycles. The van der Waals surface area contributed by atoms with E-state index in [1.54, 1.807) is 49.4 Å². The molecule has 0 fully saturated rings. The number of nitrogens with zero attached hydrogens (tertiary/aromatic N) is 1. The van der Waals surface area contributed by atoms with Gasteiger partial charge in [0.25, 0.3) is 5.91 Å². The van der Waals surface area contributed by atoms with Crippen LogP contribution in [-0.2, 0) is 4.79 Å². The molecule has 0 radical (unpaired) electrons. The zero-order valence-electron chi connectivity index (χ0n) is 14.1. The van der Waals surface area contributed by atoms with Gasteiger partial charge in [0.15, 0.2) is 0 Å². The van der Waals surface area contributed by atoms with Gasteiger partial charge in [0.2, 0.25) is 5.91 Å². The summed E-state index contributed by atoms with van der Waals surface area (Å²) >= 11 is 0. The number of hydrogen-bond donors (Lipinski definition) is 1. The second-order valence-electron chi connectivity index (χ2n) is 6.31. The van der Waals surface area contributed by atoms with E-state index >= 15 is 0 Å². The number of amides is 2. The van der Waals surface area contributed by atoms with Gasteiger partial charge in [-0.15, -0.1) is 0 Å². The summed E-state index contributed by atoms with van der Waals surface area (Å²) in [5, 5.41) is 3.49. The molecule has 1 unspecified atom stereocenters. The molecule has 6 nitrogen and oxygen atoms in total. The molecule has 3 aromatic rings. The van der Waals surface area contributed by atoms with Crippen LogP contribution >= 0.6 is 0 Å². The molecule has 6 heteroatoms. The average molecular weight is 348 g/mol. The SMILES string of the molecule is CC1CN(C(=O)c2cc3ccccc3oc2=O)c2ccccc2NC1=O. The van der Waals surface area contributed by atoms with E-state index in [2.05, 4.69) is 5.32 Å². The molecule has 0 saturated heterocycles. The van der Waals surface area contributed by atoms with Crippen LogP contribution in [0.5, 0.6) is 0 Å². The topological polar surface area (TPSA) is 79.6 Å². The summed E-state index contributed by atoms with van der Waals surface area (Å²) in [5.41, 5.74) is 0.779. The van der Waals surface area contributed by atoms with E-state index in [0.29, 0.717) is 22.3 Å². The van der Waals surface area contributed by atoms with Crippen molar-refractivity contribution < 1.29 is 14.0 Å². The molecule has 2 heterocycles. The summed E-state index contributed by atoms with van der Waals surface area (Å²) in [5.74, 6) is -1.07. The van der Waals surface area contributed by atoms with E-state index in [1.165, 1.54) is 11.0 Å². The first-order valence-electron chi connectivity index (χ1n) is 8.29. The first-order valence-corrected chi connectivity index (χ1v) is 8.29. The maximum Gasteiger partial charge on any atom is 0.349 e. The first kappa shape index (κ1) is 16.1. The molecule has 0 spiro atoms. The van der Waals surface area contributed by atoms with Crippen molar-refractivity contribution in [3.8, 4) is 0 Å². The summed E-state index contributed by atoms with van der Waals surface area (Å²) in [6, 6.07) is 15.6. The van der Waals surface area contributed by atoms with Crippen LogP contribution in [0.25, 0.3) is 11.0 Å². The molecule has 2 aromatic carbocycles. The smallest absolute Gasteiger partial charge is 0.349 e. The normalized spacial score (nSPS) is 16.7. The molecule has 0 bridgehead atoms. The number of carbonyl (C=O) groups excluding carboxylic acids is 2. The van der Waals surface area contributed by atoms with E-state index in [4.69, 9.17) is 4.42 Å². The third-order valence-corrected chi connectivity index (χ3v) is 4.47. The molecule has 0 aliphatic carbocycles. The Balaban J connectivity index is 1.84. The fraction of sp³-hybridized carbons (Fsp3) is 0.150. The van der Waals surface area contributed by atoms with Crippen LogP contribution < -0.4 is 15.8 Å². The highest BCUT2D eigenvalue weighted by Gasteiger charge is 2.30. The molecule has 4 rings (SSSR count). The highest BCUT2D eigenvalue weighted by molar-refractivity contribution is 6.11. The Kier molecular flexibility index (Phi) is 3.80. The van der Waals surface area contributed by atoms with Crippen molar-refractivity contribution in [3.05, 3.63) is 70.6 Å². The minimum Gasteiger partial charge on any atom is -0.422 e. The highest BCUT2D eigenvalue weighted by atomic mass is 16.4. The molecular formula is C20H16N2O4. The largest absolute Gasteiger partial charge is 0.422 e. The number of anilines is 2. The van der Waals surface area contributed by atoms with Crippen LogP contribution in [0.3, 0.4) is 0 Å². The van der Waals surface area contributed by atoms with Crippen molar-refractivity contribution >= 4 is 34.2 Å². The Hall–Kier alpha value is -3.41. The van der Waals surface area contributed by atoms with Crippen LogP contribution in [-0.4, -0.2) is 18.4 Å². The van der Waals surface area contributed by atoms with Crippen LogP contribution in [0.4, 0.5) is 11.4 Å². The van der Waals surface area contributed by atoms with Crippen LogP contribution in [0.1, 0.15) is 17.3 Å². The summed E-state index contributed by atoms with van der Waals surface area (Å²) in [6.07, 6.45) is 0. The van der Waals surface area contributed by atoms with Crippen LogP contribution in [0.15, 0.2) is 63.8 Å². The maximum atomic E-state index is 13.2. The average Bonchev–Trinajstić information content (AvgIpc) is 2.77. The van der Waals surface area contributed by atoms with Crippen LogP contribution in [0, 0.1) is 5.92 Å². The lowest BCUT2D eigenvalue weighted by atomic mass is 10.1. The lowest BCUT2D eigenvalue weighted by Gasteiger charge is -2.23. The van der Waals surface area contributed by atoms with Crippen molar-refractivity contribution in [3.63, 3.8) is 0 Å². The monoisotopic (exact) mass is 348 g/mol. The summed E-state index contributed by atoms with van der Waals surface area (Å²) in [6.45, 7) is 1.91. The van der Waals surface area contributed by atoms with Gasteiger partial charge in [0.05, 0.1) is 17.3 Å². The number of nitrogens with one attached hydrogen (secondary N) is 1. The van der Waals surface area contributed by atoms with E-state index in [-0.39, 0.29) is 18.0 Å². The van der Waals surface area contributed by atoms with Gasteiger partial charge in [-0.3, -0.25) is 9.59 Å². The zero-order chi connectivity index (χ0) is 18.3. The number of hydrogen-bond acceptors (Lipinski definition) is 4. The van der Waals surface area contributed by atoms with Crippen molar-refractivity contribution in [1.82, 2.24) is 0 Å². The number of carbonyl (C=O) groups is 2. The lowest BCUT2D eigenvalue weighted by Crippen LogP contribution is -2.38. The Bertz CT molecular complexity index is 1090. The maximum absolute atomic E-state index is 13.2. The predicted octanol–water partition coefficient (Wildman–Crippen LogP) is 3.03. The number of rotatable bonds is 1. The third-order valence-electron chi connectivity index (χ3n) is 4.47. The second kappa shape index (κ2) is 6.15. The molecule has 1 aromatic heterocycles. The van der Waals surface area contributed by atoms with Crippen molar-refractivity contribution in [1.29, 1.82) is 0 Å². The fourth-order valence-corrected chi connectivity index (χ4v) is 3.07. The fourth-order valence-electron chi connectivity index (χ4n) is 3.07.